The van der Waals surface area contributed by atoms with Gasteiger partial charge in [0.05, 0.1) is 19.5 Å². The van der Waals surface area contributed by atoms with Crippen molar-refractivity contribution in [3.8, 4) is 0 Å². The summed E-state index contributed by atoms with van der Waals surface area (Å²) in [6.07, 6.45) is 2.56. The first-order chi connectivity index (χ1) is 5.74. The van der Waals surface area contributed by atoms with Crippen molar-refractivity contribution >= 4 is 11.7 Å². The van der Waals surface area contributed by atoms with Gasteiger partial charge in [0.2, 0.25) is 0 Å². The zero-order valence-electron chi connectivity index (χ0n) is 6.44. The number of hydrogen-bond donors (Lipinski definition) is 2. The largest absolute Gasteiger partial charge is 0.382 e. The number of nitrogen functional groups attached to an aromatic ring is 1. The maximum atomic E-state index is 11.0. The zero-order valence-corrected chi connectivity index (χ0v) is 6.44. The van der Waals surface area contributed by atoms with E-state index in [1.807, 2.05) is 0 Å². The zero-order chi connectivity index (χ0) is 8.97. The van der Waals surface area contributed by atoms with Crippen LogP contribution in [0, 0.1) is 0 Å². The van der Waals surface area contributed by atoms with Crippen LogP contribution in [0.4, 0.5) is 5.82 Å². The summed E-state index contributed by atoms with van der Waals surface area (Å²) in [5, 5.41) is 0. The van der Waals surface area contributed by atoms with Crippen molar-refractivity contribution in [1.29, 1.82) is 0 Å². The van der Waals surface area contributed by atoms with Crippen LogP contribution in [0.2, 0.25) is 0 Å². The van der Waals surface area contributed by atoms with Crippen LogP contribution in [0.3, 0.4) is 0 Å². The van der Waals surface area contributed by atoms with Crippen LogP contribution in [-0.4, -0.2) is 23.0 Å². The Kier molecular flexibility index (Phi) is 2.54. The van der Waals surface area contributed by atoms with Crippen molar-refractivity contribution in [3.05, 3.63) is 18.1 Å². The van der Waals surface area contributed by atoms with Gasteiger partial charge in [0.1, 0.15) is 11.5 Å². The normalized spacial score (nSPS) is 9.42. The van der Waals surface area contributed by atoms with Gasteiger partial charge >= 0.3 is 0 Å². The fourth-order valence-corrected chi connectivity index (χ4v) is 0.600. The molecule has 1 rings (SSSR count). The Hall–Kier alpha value is -1.69. The first-order valence-corrected chi connectivity index (χ1v) is 3.15. The molecule has 1 amide bonds. The molecule has 0 atom stereocenters. The molecule has 6 nitrogen and oxygen atoms in total. The van der Waals surface area contributed by atoms with Crippen LogP contribution in [0.5, 0.6) is 0 Å². The second-order valence-electron chi connectivity index (χ2n) is 1.96. The number of carbonyl (C=O) groups excluding carboxylic acids is 1. The molecule has 6 heteroatoms. The summed E-state index contributed by atoms with van der Waals surface area (Å²) in [6, 6.07) is 0. The topological polar surface area (TPSA) is 90.1 Å². The maximum Gasteiger partial charge on any atom is 0.295 e. The summed E-state index contributed by atoms with van der Waals surface area (Å²) < 4.78 is 0. The average Bonchev–Trinajstić information content (AvgIpc) is 2.06. The Bertz CT molecular complexity index is 271. The molecule has 0 saturated carbocycles. The average molecular weight is 168 g/mol. The number of rotatable bonds is 2. The summed E-state index contributed by atoms with van der Waals surface area (Å²) in [7, 11) is 1.34. The highest BCUT2D eigenvalue weighted by molar-refractivity contribution is 5.91. The molecular weight excluding hydrogens is 160 g/mol. The Balaban J connectivity index is 2.75. The number of nitrogens with zero attached hydrogens (tertiary/aromatic N) is 2. The third kappa shape index (κ3) is 1.89. The predicted octanol–water partition coefficient (Wildman–Crippen LogP) is -0.650. The van der Waals surface area contributed by atoms with E-state index in [1.54, 1.807) is 0 Å². The summed E-state index contributed by atoms with van der Waals surface area (Å²) in [5.74, 6) is -0.186. The number of anilines is 1. The van der Waals surface area contributed by atoms with Gasteiger partial charge in [-0.25, -0.2) is 15.4 Å². The molecular formula is C6H8N4O2. The van der Waals surface area contributed by atoms with Crippen molar-refractivity contribution in [1.82, 2.24) is 15.4 Å². The van der Waals surface area contributed by atoms with Crippen LogP contribution in [0.25, 0.3) is 0 Å². The predicted molar refractivity (Wildman–Crippen MR) is 40.9 cm³/mol. The second-order valence-corrected chi connectivity index (χ2v) is 1.96. The van der Waals surface area contributed by atoms with Crippen molar-refractivity contribution < 1.29 is 9.63 Å². The highest BCUT2D eigenvalue weighted by atomic mass is 16.6. The molecule has 1 aromatic heterocycles. The summed E-state index contributed by atoms with van der Waals surface area (Å²) >= 11 is 0. The monoisotopic (exact) mass is 168 g/mol. The standard InChI is InChI=1S/C6H8N4O2/c1-12-10-6(11)4-2-9-5(7)3-8-4/h2-3H,1H3,(H2,7,9)(H,10,11). The van der Waals surface area contributed by atoms with Gasteiger partial charge < -0.3 is 5.73 Å². The van der Waals surface area contributed by atoms with E-state index in [-0.39, 0.29) is 11.5 Å². The van der Waals surface area contributed by atoms with E-state index in [2.05, 4.69) is 20.3 Å². The molecule has 0 unspecified atom stereocenters. The van der Waals surface area contributed by atoms with E-state index < -0.39 is 5.91 Å². The van der Waals surface area contributed by atoms with Crippen LogP contribution < -0.4 is 11.2 Å². The van der Waals surface area contributed by atoms with E-state index in [0.29, 0.717) is 0 Å². The van der Waals surface area contributed by atoms with Crippen molar-refractivity contribution in [3.63, 3.8) is 0 Å². The highest BCUT2D eigenvalue weighted by Crippen LogP contribution is 1.95. The third-order valence-corrected chi connectivity index (χ3v) is 1.10. The van der Waals surface area contributed by atoms with Gasteiger partial charge in [0.25, 0.3) is 5.91 Å². The number of nitrogens with two attached hydrogens (primary N) is 1. The van der Waals surface area contributed by atoms with Gasteiger partial charge in [-0.2, -0.15) is 0 Å². The minimum Gasteiger partial charge on any atom is -0.382 e. The molecule has 0 bridgehead atoms. The van der Waals surface area contributed by atoms with E-state index >= 15 is 0 Å². The summed E-state index contributed by atoms with van der Waals surface area (Å²) in [4.78, 5) is 22.8. The number of aromatic nitrogens is 2. The van der Waals surface area contributed by atoms with Crippen molar-refractivity contribution in [2.45, 2.75) is 0 Å². The van der Waals surface area contributed by atoms with Crippen LogP contribution in [0.15, 0.2) is 12.4 Å². The maximum absolute atomic E-state index is 11.0. The van der Waals surface area contributed by atoms with E-state index in [9.17, 15) is 4.79 Å². The first kappa shape index (κ1) is 8.41. The minimum absolute atomic E-state index is 0.158. The number of hydroxylamine groups is 1. The van der Waals surface area contributed by atoms with Crippen molar-refractivity contribution in [2.75, 3.05) is 12.8 Å². The molecule has 3 N–H and O–H groups in total. The Morgan fingerprint density at radius 3 is 2.83 bits per heavy atom. The lowest BCUT2D eigenvalue weighted by Crippen LogP contribution is -2.23. The number of carbonyl (C=O) groups is 1. The first-order valence-electron chi connectivity index (χ1n) is 3.15. The van der Waals surface area contributed by atoms with Gasteiger partial charge in [0, 0.05) is 0 Å². The number of hydrogen-bond acceptors (Lipinski definition) is 5. The summed E-state index contributed by atoms with van der Waals surface area (Å²) in [6.45, 7) is 0. The Morgan fingerprint density at radius 1 is 1.58 bits per heavy atom. The SMILES string of the molecule is CONC(=O)c1cnc(N)cn1. The molecule has 0 saturated heterocycles. The lowest BCUT2D eigenvalue weighted by molar-refractivity contribution is 0.0532. The summed E-state index contributed by atoms with van der Waals surface area (Å²) in [5.41, 5.74) is 7.52. The lowest BCUT2D eigenvalue weighted by atomic mass is 10.4. The molecule has 0 radical (unpaired) electrons. The molecule has 0 aromatic carbocycles. The number of amides is 1. The van der Waals surface area contributed by atoms with Gasteiger partial charge in [-0.1, -0.05) is 0 Å². The van der Waals surface area contributed by atoms with Crippen LogP contribution in [0.1, 0.15) is 10.5 Å². The smallest absolute Gasteiger partial charge is 0.295 e. The quantitative estimate of drug-likeness (QED) is 0.572. The van der Waals surface area contributed by atoms with E-state index in [1.165, 1.54) is 19.5 Å². The molecule has 0 aliphatic carbocycles. The molecule has 0 fully saturated rings. The lowest BCUT2D eigenvalue weighted by Gasteiger charge is -1.99. The molecule has 0 spiro atoms. The molecule has 0 aliphatic heterocycles. The second kappa shape index (κ2) is 3.63. The molecule has 1 heterocycles. The highest BCUT2D eigenvalue weighted by Gasteiger charge is 2.05. The number of nitrogens with one attached hydrogen (secondary N) is 1. The van der Waals surface area contributed by atoms with Gasteiger partial charge in [0.15, 0.2) is 0 Å². The van der Waals surface area contributed by atoms with E-state index in [0.717, 1.165) is 0 Å². The molecule has 0 aliphatic rings. The van der Waals surface area contributed by atoms with Gasteiger partial charge in [-0.05, 0) is 0 Å². The fraction of sp³-hybridized carbons (Fsp3) is 0.167. The van der Waals surface area contributed by atoms with Gasteiger partial charge in [-0.3, -0.25) is 9.63 Å². The van der Waals surface area contributed by atoms with Crippen LogP contribution >= 0.6 is 0 Å². The van der Waals surface area contributed by atoms with E-state index in [4.69, 9.17) is 5.73 Å². The molecule has 1 aromatic rings. The minimum atomic E-state index is -0.454. The molecule has 64 valence electrons. The van der Waals surface area contributed by atoms with Crippen molar-refractivity contribution in [2.24, 2.45) is 0 Å². The third-order valence-electron chi connectivity index (χ3n) is 1.10. The van der Waals surface area contributed by atoms with Crippen LogP contribution in [-0.2, 0) is 4.84 Å². The fourth-order valence-electron chi connectivity index (χ4n) is 0.600. The Labute approximate surface area is 68.7 Å². The Morgan fingerprint density at radius 2 is 2.33 bits per heavy atom. The van der Waals surface area contributed by atoms with Gasteiger partial charge in [-0.15, -0.1) is 0 Å². The molecule has 12 heavy (non-hydrogen) atoms.